The number of benzene rings is 1. The number of nitrogens with zero attached hydrogens (tertiary/aromatic N) is 3. The molecule has 1 atom stereocenters. The fraction of sp³-hybridized carbons (Fsp3) is 0.227. The number of ether oxygens (including phenoxy) is 1. The number of halogens is 2. The Balaban J connectivity index is 1.96. The largest absolute Gasteiger partial charge is 0.505 e. The molecule has 160 valence electrons. The first-order chi connectivity index (χ1) is 14.8. The number of rotatable bonds is 5. The SMILES string of the molecule is COCCN1C(=O)C(=O)C(=C(O)c2c(C)nc3ccccn23)C1c1ccc(Cl)c(Cl)c1. The molecule has 7 nitrogen and oxygen atoms in total. The van der Waals surface area contributed by atoms with Crippen LogP contribution in [-0.4, -0.2) is 51.3 Å². The first-order valence-electron chi connectivity index (χ1n) is 9.51. The van der Waals surface area contributed by atoms with Crippen molar-refractivity contribution in [3.63, 3.8) is 0 Å². The highest BCUT2D eigenvalue weighted by molar-refractivity contribution is 6.46. The topological polar surface area (TPSA) is 84.1 Å². The highest BCUT2D eigenvalue weighted by atomic mass is 35.5. The summed E-state index contributed by atoms with van der Waals surface area (Å²) in [5, 5.41) is 11.9. The quantitative estimate of drug-likeness (QED) is 0.353. The molecule has 0 spiro atoms. The average molecular weight is 460 g/mol. The lowest BCUT2D eigenvalue weighted by Gasteiger charge is -2.25. The molecule has 1 unspecified atom stereocenters. The first kappa shape index (κ1) is 21.4. The molecule has 0 aliphatic carbocycles. The molecule has 3 aromatic rings. The molecule has 4 rings (SSSR count). The zero-order valence-corrected chi connectivity index (χ0v) is 18.3. The number of aliphatic hydroxyl groups excluding tert-OH is 1. The Morgan fingerprint density at radius 1 is 1.19 bits per heavy atom. The van der Waals surface area contributed by atoms with Crippen molar-refractivity contribution in [2.45, 2.75) is 13.0 Å². The number of ketones is 1. The number of hydrogen-bond acceptors (Lipinski definition) is 5. The number of imidazole rings is 1. The van der Waals surface area contributed by atoms with Crippen LogP contribution in [0.15, 0.2) is 48.2 Å². The van der Waals surface area contributed by atoms with Crippen LogP contribution in [-0.2, 0) is 14.3 Å². The van der Waals surface area contributed by atoms with E-state index in [0.717, 1.165) is 0 Å². The molecule has 2 aromatic heterocycles. The fourth-order valence-electron chi connectivity index (χ4n) is 3.86. The van der Waals surface area contributed by atoms with E-state index in [0.29, 0.717) is 27.6 Å². The number of pyridine rings is 1. The van der Waals surface area contributed by atoms with Crippen molar-refractivity contribution in [2.75, 3.05) is 20.3 Å². The van der Waals surface area contributed by atoms with E-state index >= 15 is 0 Å². The number of aryl methyl sites for hydroxylation is 1. The Morgan fingerprint density at radius 3 is 2.68 bits per heavy atom. The van der Waals surface area contributed by atoms with Gasteiger partial charge in [0.15, 0.2) is 5.76 Å². The van der Waals surface area contributed by atoms with Crippen LogP contribution in [0.1, 0.15) is 23.0 Å². The molecule has 1 aliphatic heterocycles. The summed E-state index contributed by atoms with van der Waals surface area (Å²) in [7, 11) is 1.51. The van der Waals surface area contributed by atoms with Crippen molar-refractivity contribution < 1.29 is 19.4 Å². The Kier molecular flexibility index (Phi) is 5.75. The van der Waals surface area contributed by atoms with Crippen LogP contribution in [0.2, 0.25) is 10.0 Å². The molecule has 0 radical (unpaired) electrons. The third-order valence-corrected chi connectivity index (χ3v) is 6.00. The number of hydrogen-bond donors (Lipinski definition) is 1. The average Bonchev–Trinajstić information content (AvgIpc) is 3.21. The summed E-state index contributed by atoms with van der Waals surface area (Å²) in [6, 6.07) is 9.42. The monoisotopic (exact) mass is 459 g/mol. The highest BCUT2D eigenvalue weighted by Crippen LogP contribution is 2.41. The summed E-state index contributed by atoms with van der Waals surface area (Å²) in [6.07, 6.45) is 1.74. The second-order valence-corrected chi connectivity index (χ2v) is 7.95. The number of carbonyl (C=O) groups excluding carboxylic acids is 2. The van der Waals surface area contributed by atoms with Gasteiger partial charge in [0, 0.05) is 19.9 Å². The molecule has 1 saturated heterocycles. The van der Waals surface area contributed by atoms with Crippen LogP contribution < -0.4 is 0 Å². The molecule has 1 amide bonds. The van der Waals surface area contributed by atoms with Crippen LogP contribution in [0, 0.1) is 6.92 Å². The number of fused-ring (bicyclic) bond motifs is 1. The molecule has 1 N–H and O–H groups in total. The zero-order chi connectivity index (χ0) is 22.3. The van der Waals surface area contributed by atoms with Crippen LogP contribution in [0.5, 0.6) is 0 Å². The first-order valence-corrected chi connectivity index (χ1v) is 10.3. The van der Waals surface area contributed by atoms with Gasteiger partial charge in [-0.15, -0.1) is 0 Å². The Morgan fingerprint density at radius 2 is 1.97 bits per heavy atom. The molecule has 0 saturated carbocycles. The smallest absolute Gasteiger partial charge is 0.295 e. The van der Waals surface area contributed by atoms with E-state index in [9.17, 15) is 14.7 Å². The highest BCUT2D eigenvalue weighted by Gasteiger charge is 2.46. The van der Waals surface area contributed by atoms with Gasteiger partial charge < -0.3 is 14.7 Å². The van der Waals surface area contributed by atoms with Gasteiger partial charge in [0.05, 0.1) is 34.0 Å². The molecule has 3 heterocycles. The van der Waals surface area contributed by atoms with Crippen molar-refractivity contribution >= 4 is 46.3 Å². The lowest BCUT2D eigenvalue weighted by molar-refractivity contribution is -0.140. The van der Waals surface area contributed by atoms with Gasteiger partial charge in [-0.05, 0) is 36.8 Å². The summed E-state index contributed by atoms with van der Waals surface area (Å²) in [4.78, 5) is 31.7. The van der Waals surface area contributed by atoms with Crippen LogP contribution in [0.3, 0.4) is 0 Å². The van der Waals surface area contributed by atoms with E-state index < -0.39 is 17.7 Å². The molecule has 1 fully saturated rings. The van der Waals surface area contributed by atoms with Crippen molar-refractivity contribution in [3.8, 4) is 0 Å². The Labute approximate surface area is 188 Å². The van der Waals surface area contributed by atoms with Crippen molar-refractivity contribution in [3.05, 3.63) is 75.2 Å². The molecular weight excluding hydrogens is 441 g/mol. The minimum absolute atomic E-state index is 0.0340. The molecule has 31 heavy (non-hydrogen) atoms. The fourth-order valence-corrected chi connectivity index (χ4v) is 4.16. The van der Waals surface area contributed by atoms with E-state index in [1.54, 1.807) is 47.9 Å². The second-order valence-electron chi connectivity index (χ2n) is 7.13. The summed E-state index contributed by atoms with van der Waals surface area (Å²) < 4.78 is 6.79. The van der Waals surface area contributed by atoms with E-state index in [4.69, 9.17) is 27.9 Å². The maximum atomic E-state index is 13.1. The maximum absolute atomic E-state index is 13.1. The van der Waals surface area contributed by atoms with Crippen molar-refractivity contribution in [1.29, 1.82) is 0 Å². The maximum Gasteiger partial charge on any atom is 0.295 e. The summed E-state index contributed by atoms with van der Waals surface area (Å²) in [6.45, 7) is 2.12. The summed E-state index contributed by atoms with van der Waals surface area (Å²) in [5.74, 6) is -1.80. The Hall–Kier alpha value is -2.87. The lowest BCUT2D eigenvalue weighted by atomic mass is 9.96. The number of carbonyl (C=O) groups is 2. The standard InChI is InChI=1S/C22H19Cl2N3O4/c1-12-18(26-8-4-3-5-16(26)25-12)20(28)17-19(13-6-7-14(23)15(24)11-13)27(9-10-31-2)22(30)21(17)29/h3-8,11,19,28H,9-10H2,1-2H3. The zero-order valence-electron chi connectivity index (χ0n) is 16.8. The molecule has 1 aromatic carbocycles. The van der Waals surface area contributed by atoms with Gasteiger partial charge in [-0.1, -0.05) is 35.3 Å². The second kappa shape index (κ2) is 8.34. The predicted octanol–water partition coefficient (Wildman–Crippen LogP) is 4.02. The van der Waals surface area contributed by atoms with E-state index in [2.05, 4.69) is 4.98 Å². The van der Waals surface area contributed by atoms with Gasteiger partial charge in [0.2, 0.25) is 0 Å². The number of aliphatic hydroxyl groups is 1. The number of methoxy groups -OCH3 is 1. The third kappa shape index (κ3) is 3.59. The van der Waals surface area contributed by atoms with Gasteiger partial charge in [-0.2, -0.15) is 0 Å². The van der Waals surface area contributed by atoms with Gasteiger partial charge in [0.25, 0.3) is 11.7 Å². The summed E-state index contributed by atoms with van der Waals surface area (Å²) in [5.41, 5.74) is 2.01. The Bertz CT molecular complexity index is 1230. The predicted molar refractivity (Wildman–Crippen MR) is 117 cm³/mol. The van der Waals surface area contributed by atoms with Crippen LogP contribution >= 0.6 is 23.2 Å². The molecule has 1 aliphatic rings. The van der Waals surface area contributed by atoms with Gasteiger partial charge in [0.1, 0.15) is 11.3 Å². The minimum atomic E-state index is -0.849. The minimum Gasteiger partial charge on any atom is -0.505 e. The van der Waals surface area contributed by atoms with Gasteiger partial charge in [-0.3, -0.25) is 14.0 Å². The van der Waals surface area contributed by atoms with Gasteiger partial charge in [-0.25, -0.2) is 4.98 Å². The third-order valence-electron chi connectivity index (χ3n) is 5.26. The van der Waals surface area contributed by atoms with Crippen molar-refractivity contribution in [2.24, 2.45) is 0 Å². The van der Waals surface area contributed by atoms with Gasteiger partial charge >= 0.3 is 0 Å². The van der Waals surface area contributed by atoms with E-state index in [1.165, 1.54) is 12.0 Å². The number of aromatic nitrogens is 2. The number of likely N-dealkylation sites (tertiary alicyclic amines) is 1. The van der Waals surface area contributed by atoms with E-state index in [1.807, 2.05) is 6.07 Å². The lowest BCUT2D eigenvalue weighted by Crippen LogP contribution is -2.32. The molecule has 9 heteroatoms. The molecular formula is C22H19Cl2N3O4. The normalized spacial score (nSPS) is 18.3. The molecule has 0 bridgehead atoms. The number of Topliss-reactive ketones (excluding diaryl/α,β-unsaturated/α-hetero) is 1. The number of amides is 1. The van der Waals surface area contributed by atoms with Crippen LogP contribution in [0.25, 0.3) is 11.4 Å². The van der Waals surface area contributed by atoms with E-state index in [-0.39, 0.29) is 29.5 Å². The summed E-state index contributed by atoms with van der Waals surface area (Å²) >= 11 is 12.3. The van der Waals surface area contributed by atoms with Crippen LogP contribution in [0.4, 0.5) is 0 Å². The van der Waals surface area contributed by atoms with Crippen molar-refractivity contribution in [1.82, 2.24) is 14.3 Å².